The van der Waals surface area contributed by atoms with Crippen LogP contribution in [0.5, 0.6) is 0 Å². The van der Waals surface area contributed by atoms with Crippen molar-refractivity contribution in [2.75, 3.05) is 13.1 Å². The Morgan fingerprint density at radius 3 is 2.80 bits per heavy atom. The van der Waals surface area contributed by atoms with Gasteiger partial charge in [0.25, 0.3) is 0 Å². The Morgan fingerprint density at radius 1 is 1.70 bits per heavy atom. The summed E-state index contributed by atoms with van der Waals surface area (Å²) in [6.07, 6.45) is 1.91. The van der Waals surface area contributed by atoms with Crippen LogP contribution in [0.25, 0.3) is 0 Å². The second-order valence-electron chi connectivity index (χ2n) is 3.28. The summed E-state index contributed by atoms with van der Waals surface area (Å²) in [5.74, 6) is 0.779. The zero-order valence-corrected chi connectivity index (χ0v) is 6.88. The molecule has 2 atom stereocenters. The summed E-state index contributed by atoms with van der Waals surface area (Å²) in [4.78, 5) is 2.16. The van der Waals surface area contributed by atoms with Crippen LogP contribution < -0.4 is 0 Å². The summed E-state index contributed by atoms with van der Waals surface area (Å²) in [7, 11) is 0. The van der Waals surface area contributed by atoms with Crippen LogP contribution in [-0.2, 0) is 0 Å². The molecular formula is C8H17NO. The lowest BCUT2D eigenvalue weighted by Crippen LogP contribution is -2.32. The fourth-order valence-corrected chi connectivity index (χ4v) is 1.50. The number of likely N-dealkylation sites (tertiary alicyclic amines) is 1. The third-order valence-electron chi connectivity index (χ3n) is 2.24. The molecule has 0 bridgehead atoms. The van der Waals surface area contributed by atoms with E-state index in [-0.39, 0.29) is 6.23 Å². The molecule has 0 spiro atoms. The van der Waals surface area contributed by atoms with Crippen LogP contribution in [0.4, 0.5) is 0 Å². The second kappa shape index (κ2) is 3.35. The minimum Gasteiger partial charge on any atom is -0.378 e. The van der Waals surface area contributed by atoms with E-state index in [1.165, 1.54) is 6.42 Å². The van der Waals surface area contributed by atoms with Crippen LogP contribution in [0.15, 0.2) is 0 Å². The summed E-state index contributed by atoms with van der Waals surface area (Å²) in [5, 5.41) is 9.40. The number of nitrogens with zero attached hydrogens (tertiary/aromatic N) is 1. The summed E-state index contributed by atoms with van der Waals surface area (Å²) in [5.41, 5.74) is 0. The number of hydrogen-bond donors (Lipinski definition) is 1. The Balaban J connectivity index is 2.29. The molecule has 10 heavy (non-hydrogen) atoms. The predicted octanol–water partition coefficient (Wildman–Crippen LogP) is 1.06. The fraction of sp³-hybridized carbons (Fsp3) is 1.00. The molecule has 0 radical (unpaired) electrons. The van der Waals surface area contributed by atoms with E-state index in [2.05, 4.69) is 11.8 Å². The van der Waals surface area contributed by atoms with Crippen LogP contribution in [0.1, 0.15) is 26.7 Å². The average molecular weight is 143 g/mol. The van der Waals surface area contributed by atoms with Crippen LogP contribution in [0.2, 0.25) is 0 Å². The molecule has 0 aromatic carbocycles. The first-order chi connectivity index (χ1) is 4.74. The first kappa shape index (κ1) is 8.02. The number of aliphatic hydroxyl groups excluding tert-OH is 1. The van der Waals surface area contributed by atoms with Gasteiger partial charge in [0, 0.05) is 13.1 Å². The van der Waals surface area contributed by atoms with Gasteiger partial charge in [0.2, 0.25) is 0 Å². The van der Waals surface area contributed by atoms with Gasteiger partial charge < -0.3 is 5.11 Å². The Kier molecular flexibility index (Phi) is 2.69. The summed E-state index contributed by atoms with van der Waals surface area (Å²) >= 11 is 0. The van der Waals surface area contributed by atoms with Crippen molar-refractivity contribution in [2.24, 2.45) is 5.92 Å². The third kappa shape index (κ3) is 1.70. The van der Waals surface area contributed by atoms with Crippen LogP contribution in [0.3, 0.4) is 0 Å². The lowest BCUT2D eigenvalue weighted by Gasteiger charge is -2.20. The van der Waals surface area contributed by atoms with Gasteiger partial charge in [0.05, 0.1) is 0 Å². The van der Waals surface area contributed by atoms with E-state index < -0.39 is 0 Å². The monoisotopic (exact) mass is 143 g/mol. The van der Waals surface area contributed by atoms with Crippen molar-refractivity contribution >= 4 is 0 Å². The minimum atomic E-state index is -0.190. The van der Waals surface area contributed by atoms with E-state index in [4.69, 9.17) is 0 Å². The highest BCUT2D eigenvalue weighted by molar-refractivity contribution is 4.73. The first-order valence-corrected chi connectivity index (χ1v) is 4.16. The molecule has 0 saturated carbocycles. The summed E-state index contributed by atoms with van der Waals surface area (Å²) in [6.45, 7) is 6.42. The quantitative estimate of drug-likeness (QED) is 0.624. The van der Waals surface area contributed by atoms with Crippen molar-refractivity contribution < 1.29 is 5.11 Å². The molecule has 2 nitrogen and oxygen atoms in total. The standard InChI is InChI=1S/C8H17NO/c1-3-8(10)9-5-4-7(2)6-9/h7-8,10H,3-6H2,1-2H3/t7-,8+/m1/s1. The van der Waals surface area contributed by atoms with Crippen molar-refractivity contribution in [3.05, 3.63) is 0 Å². The van der Waals surface area contributed by atoms with Gasteiger partial charge in [-0.15, -0.1) is 0 Å². The molecule has 1 heterocycles. The molecule has 1 fully saturated rings. The van der Waals surface area contributed by atoms with Crippen molar-refractivity contribution in [1.82, 2.24) is 4.90 Å². The maximum Gasteiger partial charge on any atom is 0.107 e. The zero-order valence-electron chi connectivity index (χ0n) is 6.88. The number of rotatable bonds is 2. The van der Waals surface area contributed by atoms with Crippen molar-refractivity contribution in [3.8, 4) is 0 Å². The third-order valence-corrected chi connectivity index (χ3v) is 2.24. The van der Waals surface area contributed by atoms with Gasteiger partial charge in [0.1, 0.15) is 6.23 Å². The zero-order chi connectivity index (χ0) is 7.56. The highest BCUT2D eigenvalue weighted by Gasteiger charge is 2.22. The maximum atomic E-state index is 9.40. The van der Waals surface area contributed by atoms with Crippen molar-refractivity contribution in [1.29, 1.82) is 0 Å². The largest absolute Gasteiger partial charge is 0.378 e. The maximum absolute atomic E-state index is 9.40. The smallest absolute Gasteiger partial charge is 0.107 e. The lowest BCUT2D eigenvalue weighted by atomic mass is 10.2. The van der Waals surface area contributed by atoms with Crippen molar-refractivity contribution in [3.63, 3.8) is 0 Å². The molecular weight excluding hydrogens is 126 g/mol. The molecule has 0 amide bonds. The molecule has 1 rings (SSSR count). The normalized spacial score (nSPS) is 30.9. The Morgan fingerprint density at radius 2 is 2.40 bits per heavy atom. The van der Waals surface area contributed by atoms with Gasteiger partial charge in [-0.05, 0) is 18.8 Å². The highest BCUT2D eigenvalue weighted by Crippen LogP contribution is 2.17. The molecule has 60 valence electrons. The van der Waals surface area contributed by atoms with Crippen LogP contribution in [-0.4, -0.2) is 29.3 Å². The van der Waals surface area contributed by atoms with Gasteiger partial charge >= 0.3 is 0 Å². The van der Waals surface area contributed by atoms with E-state index >= 15 is 0 Å². The van der Waals surface area contributed by atoms with Crippen LogP contribution in [0, 0.1) is 5.92 Å². The molecule has 0 aromatic heterocycles. The van der Waals surface area contributed by atoms with E-state index in [1.807, 2.05) is 6.92 Å². The van der Waals surface area contributed by atoms with Gasteiger partial charge in [0.15, 0.2) is 0 Å². The molecule has 1 aliphatic heterocycles. The predicted molar refractivity (Wildman–Crippen MR) is 41.7 cm³/mol. The molecule has 0 aromatic rings. The Hall–Kier alpha value is -0.0800. The van der Waals surface area contributed by atoms with Gasteiger partial charge in [-0.2, -0.15) is 0 Å². The summed E-state index contributed by atoms with van der Waals surface area (Å²) < 4.78 is 0. The molecule has 0 aliphatic carbocycles. The topological polar surface area (TPSA) is 23.5 Å². The van der Waals surface area contributed by atoms with E-state index in [1.54, 1.807) is 0 Å². The van der Waals surface area contributed by atoms with Crippen LogP contribution >= 0.6 is 0 Å². The SMILES string of the molecule is CC[C@H](O)N1CC[C@@H](C)C1. The minimum absolute atomic E-state index is 0.190. The number of hydrogen-bond acceptors (Lipinski definition) is 2. The Bertz CT molecular complexity index is 105. The van der Waals surface area contributed by atoms with E-state index in [0.29, 0.717) is 0 Å². The molecule has 1 aliphatic rings. The van der Waals surface area contributed by atoms with E-state index in [9.17, 15) is 5.11 Å². The lowest BCUT2D eigenvalue weighted by molar-refractivity contribution is 0.0158. The fourth-order valence-electron chi connectivity index (χ4n) is 1.50. The average Bonchev–Trinajstić information content (AvgIpc) is 2.34. The first-order valence-electron chi connectivity index (χ1n) is 4.16. The van der Waals surface area contributed by atoms with Gasteiger partial charge in [-0.1, -0.05) is 13.8 Å². The van der Waals surface area contributed by atoms with Gasteiger partial charge in [-0.3, -0.25) is 4.90 Å². The second-order valence-corrected chi connectivity index (χ2v) is 3.28. The number of aliphatic hydroxyl groups is 1. The van der Waals surface area contributed by atoms with Crippen molar-refractivity contribution in [2.45, 2.75) is 32.9 Å². The highest BCUT2D eigenvalue weighted by atomic mass is 16.3. The Labute approximate surface area is 62.8 Å². The molecule has 2 heteroatoms. The molecule has 1 N–H and O–H groups in total. The summed E-state index contributed by atoms with van der Waals surface area (Å²) in [6, 6.07) is 0. The van der Waals surface area contributed by atoms with E-state index in [0.717, 1.165) is 25.4 Å². The van der Waals surface area contributed by atoms with Gasteiger partial charge in [-0.25, -0.2) is 0 Å². The molecule has 1 saturated heterocycles. The molecule has 0 unspecified atom stereocenters.